The van der Waals surface area contributed by atoms with Crippen molar-refractivity contribution in [2.24, 2.45) is 0 Å². The van der Waals surface area contributed by atoms with Gasteiger partial charge in [0.2, 0.25) is 0 Å². The molecule has 3 atom stereocenters. The number of ether oxygens (including phenoxy) is 3. The van der Waals surface area contributed by atoms with Crippen LogP contribution in [0.2, 0.25) is 0 Å². The largest absolute Gasteiger partial charge is 0.497 e. The summed E-state index contributed by atoms with van der Waals surface area (Å²) in [5.74, 6) is 3.29. The molecule has 4 aliphatic rings. The summed E-state index contributed by atoms with van der Waals surface area (Å²) in [5, 5.41) is 0. The van der Waals surface area contributed by atoms with Gasteiger partial charge in [0.25, 0.3) is 0 Å². The third-order valence-corrected chi connectivity index (χ3v) is 6.54. The predicted molar refractivity (Wildman–Crippen MR) is 96.7 cm³/mol. The van der Waals surface area contributed by atoms with Crippen LogP contribution in [0, 0.1) is 0 Å². The summed E-state index contributed by atoms with van der Waals surface area (Å²) in [6.07, 6.45) is 6.27. The Labute approximate surface area is 153 Å². The lowest BCUT2D eigenvalue weighted by Crippen LogP contribution is -2.59. The Bertz CT molecular complexity index is 802. The third kappa shape index (κ3) is 1.82. The minimum Gasteiger partial charge on any atom is -0.497 e. The number of alkyl halides is 1. The van der Waals surface area contributed by atoms with Crippen molar-refractivity contribution >= 4 is 11.6 Å². The second kappa shape index (κ2) is 5.42. The molecule has 0 amide bonds. The molecule has 1 aromatic rings. The van der Waals surface area contributed by atoms with Gasteiger partial charge >= 0.3 is 0 Å². The standard InChI is InChI=1S/C20H22ClNO3/c1-23-15-5-3-12-11-14-13-4-6-16(24-2)19-20(13,17(12)18(15)25-19)7-9-22(14)10-8-21/h3-6,14,19H,7-11H2,1-2H3/t14-,19-,20-/m0/s1. The van der Waals surface area contributed by atoms with Gasteiger partial charge in [0.15, 0.2) is 17.6 Å². The van der Waals surface area contributed by atoms with E-state index in [1.807, 2.05) is 6.07 Å². The number of likely N-dealkylation sites (tertiary alicyclic amines) is 1. The van der Waals surface area contributed by atoms with Gasteiger partial charge in [0, 0.05) is 30.6 Å². The first kappa shape index (κ1) is 15.6. The topological polar surface area (TPSA) is 30.9 Å². The highest BCUT2D eigenvalue weighted by Gasteiger charge is 2.62. The first-order chi connectivity index (χ1) is 12.2. The van der Waals surface area contributed by atoms with Gasteiger partial charge in [-0.05, 0) is 36.1 Å². The monoisotopic (exact) mass is 359 g/mol. The van der Waals surface area contributed by atoms with Crippen LogP contribution in [-0.2, 0) is 16.6 Å². The lowest BCUT2D eigenvalue weighted by Gasteiger charge is -2.53. The van der Waals surface area contributed by atoms with Gasteiger partial charge < -0.3 is 14.2 Å². The maximum absolute atomic E-state index is 6.50. The molecule has 0 radical (unpaired) electrons. The molecule has 2 aliphatic carbocycles. The molecular formula is C20H22ClNO3. The summed E-state index contributed by atoms with van der Waals surface area (Å²) in [7, 11) is 3.44. The van der Waals surface area contributed by atoms with E-state index in [9.17, 15) is 0 Å². The normalized spacial score (nSPS) is 31.6. The molecule has 25 heavy (non-hydrogen) atoms. The van der Waals surface area contributed by atoms with Crippen molar-refractivity contribution in [1.82, 2.24) is 4.90 Å². The van der Waals surface area contributed by atoms with Crippen molar-refractivity contribution in [2.75, 3.05) is 33.2 Å². The van der Waals surface area contributed by atoms with E-state index in [4.69, 9.17) is 25.8 Å². The van der Waals surface area contributed by atoms with Crippen LogP contribution in [0.25, 0.3) is 0 Å². The van der Waals surface area contributed by atoms with Crippen LogP contribution in [0.1, 0.15) is 17.5 Å². The zero-order valence-corrected chi connectivity index (χ0v) is 15.3. The van der Waals surface area contributed by atoms with Crippen LogP contribution in [0.4, 0.5) is 0 Å². The van der Waals surface area contributed by atoms with Crippen molar-refractivity contribution < 1.29 is 14.2 Å². The van der Waals surface area contributed by atoms with Crippen molar-refractivity contribution in [2.45, 2.75) is 30.4 Å². The van der Waals surface area contributed by atoms with Crippen LogP contribution in [0.3, 0.4) is 0 Å². The van der Waals surface area contributed by atoms with Crippen molar-refractivity contribution in [3.05, 3.63) is 46.7 Å². The molecule has 5 heteroatoms. The molecule has 0 saturated carbocycles. The van der Waals surface area contributed by atoms with Gasteiger partial charge in [-0.3, -0.25) is 4.90 Å². The highest BCUT2D eigenvalue weighted by Crippen LogP contribution is 2.62. The summed E-state index contributed by atoms with van der Waals surface area (Å²) >= 11 is 6.08. The number of hydrogen-bond acceptors (Lipinski definition) is 4. The fourth-order valence-electron chi connectivity index (χ4n) is 5.38. The molecule has 2 aliphatic heterocycles. The summed E-state index contributed by atoms with van der Waals surface area (Å²) in [5.41, 5.74) is 4.03. The minimum atomic E-state index is -0.120. The van der Waals surface area contributed by atoms with Crippen LogP contribution < -0.4 is 9.47 Å². The number of piperidine rings is 1. The maximum atomic E-state index is 6.50. The van der Waals surface area contributed by atoms with E-state index in [1.54, 1.807) is 14.2 Å². The molecule has 2 heterocycles. The third-order valence-electron chi connectivity index (χ3n) is 6.37. The number of nitrogens with zero attached hydrogens (tertiary/aromatic N) is 1. The molecular weight excluding hydrogens is 338 g/mol. The van der Waals surface area contributed by atoms with Crippen LogP contribution in [0.15, 0.2) is 35.6 Å². The van der Waals surface area contributed by atoms with E-state index in [2.05, 4.69) is 23.1 Å². The quantitative estimate of drug-likeness (QED) is 0.773. The molecule has 4 nitrogen and oxygen atoms in total. The lowest BCUT2D eigenvalue weighted by molar-refractivity contribution is 0.0666. The lowest BCUT2D eigenvalue weighted by atomic mass is 9.57. The molecule has 5 rings (SSSR count). The fourth-order valence-corrected chi connectivity index (χ4v) is 5.59. The zero-order chi connectivity index (χ0) is 17.2. The van der Waals surface area contributed by atoms with Crippen LogP contribution in [0.5, 0.6) is 11.5 Å². The average Bonchev–Trinajstić information content (AvgIpc) is 2.98. The van der Waals surface area contributed by atoms with Gasteiger partial charge in [-0.2, -0.15) is 0 Å². The Morgan fingerprint density at radius 1 is 1.28 bits per heavy atom. The molecule has 1 aromatic carbocycles. The molecule has 2 bridgehead atoms. The Morgan fingerprint density at radius 2 is 2.16 bits per heavy atom. The maximum Gasteiger partial charge on any atom is 0.169 e. The molecule has 0 N–H and O–H groups in total. The van der Waals surface area contributed by atoms with Gasteiger partial charge in [0.1, 0.15) is 5.76 Å². The molecule has 0 unspecified atom stereocenters. The van der Waals surface area contributed by atoms with Crippen molar-refractivity contribution in [3.8, 4) is 11.5 Å². The van der Waals surface area contributed by atoms with E-state index >= 15 is 0 Å². The average molecular weight is 360 g/mol. The number of methoxy groups -OCH3 is 2. The van der Waals surface area contributed by atoms with Crippen molar-refractivity contribution in [3.63, 3.8) is 0 Å². The Balaban J connectivity index is 1.76. The van der Waals surface area contributed by atoms with E-state index < -0.39 is 0 Å². The van der Waals surface area contributed by atoms with Gasteiger partial charge in [-0.15, -0.1) is 11.6 Å². The second-order valence-corrected chi connectivity index (χ2v) is 7.57. The highest BCUT2D eigenvalue weighted by atomic mass is 35.5. The Kier molecular flexibility index (Phi) is 3.38. The van der Waals surface area contributed by atoms with E-state index in [1.165, 1.54) is 16.7 Å². The van der Waals surface area contributed by atoms with Crippen molar-refractivity contribution in [1.29, 1.82) is 0 Å². The highest BCUT2D eigenvalue weighted by molar-refractivity contribution is 6.18. The molecule has 0 aromatic heterocycles. The summed E-state index contributed by atoms with van der Waals surface area (Å²) < 4.78 is 17.8. The zero-order valence-electron chi connectivity index (χ0n) is 14.5. The summed E-state index contributed by atoms with van der Waals surface area (Å²) in [6.45, 7) is 1.95. The number of halogens is 1. The first-order valence-corrected chi connectivity index (χ1v) is 9.41. The number of hydrogen-bond donors (Lipinski definition) is 0. The van der Waals surface area contributed by atoms with Gasteiger partial charge in [0.05, 0.1) is 19.6 Å². The summed E-state index contributed by atoms with van der Waals surface area (Å²) in [4.78, 5) is 2.53. The summed E-state index contributed by atoms with van der Waals surface area (Å²) in [6, 6.07) is 4.64. The predicted octanol–water partition coefficient (Wildman–Crippen LogP) is 3.03. The number of allylic oxidation sites excluding steroid dienone is 2. The molecule has 1 saturated heterocycles. The van der Waals surface area contributed by atoms with Gasteiger partial charge in [-0.25, -0.2) is 0 Å². The van der Waals surface area contributed by atoms with E-state index in [0.29, 0.717) is 11.9 Å². The van der Waals surface area contributed by atoms with Crippen LogP contribution in [-0.4, -0.2) is 50.2 Å². The Morgan fingerprint density at radius 3 is 2.92 bits per heavy atom. The fraction of sp³-hybridized carbons (Fsp3) is 0.500. The minimum absolute atomic E-state index is 0.0940. The van der Waals surface area contributed by atoms with Crippen LogP contribution >= 0.6 is 11.6 Å². The van der Waals surface area contributed by atoms with E-state index in [-0.39, 0.29) is 11.5 Å². The number of benzene rings is 1. The Hall–Kier alpha value is -1.65. The van der Waals surface area contributed by atoms with Gasteiger partial charge in [-0.1, -0.05) is 12.1 Å². The SMILES string of the molecule is COC1=CC=C2[C@@H]3Cc4ccc(OC)c5c4[C@@]2(CCN3CCCl)[C@H]1O5. The smallest absolute Gasteiger partial charge is 0.169 e. The molecule has 132 valence electrons. The number of rotatable bonds is 4. The molecule has 1 fully saturated rings. The molecule has 1 spiro atoms. The van der Waals surface area contributed by atoms with E-state index in [0.717, 1.165) is 43.2 Å². The first-order valence-electron chi connectivity index (χ1n) is 8.88. The second-order valence-electron chi connectivity index (χ2n) is 7.19.